The van der Waals surface area contributed by atoms with Crippen molar-refractivity contribution in [1.29, 1.82) is 0 Å². The van der Waals surface area contributed by atoms with Crippen LogP contribution in [0.5, 0.6) is 5.75 Å². The Morgan fingerprint density at radius 1 is 1.35 bits per heavy atom. The molecular weight excluding hydrogens is 284 g/mol. The van der Waals surface area contributed by atoms with Crippen LogP contribution < -0.4 is 4.74 Å². The second kappa shape index (κ2) is 6.64. The number of hydrogen-bond donors (Lipinski definition) is 0. The van der Waals surface area contributed by atoms with Gasteiger partial charge >= 0.3 is 5.97 Å². The average molecular weight is 301 g/mol. The van der Waals surface area contributed by atoms with Crippen LogP contribution in [0.1, 0.15) is 36.2 Å². The van der Waals surface area contributed by atoms with Gasteiger partial charge in [0, 0.05) is 0 Å². The summed E-state index contributed by atoms with van der Waals surface area (Å²) in [5.41, 5.74) is 1.49. The van der Waals surface area contributed by atoms with E-state index >= 15 is 0 Å². The maximum Gasteiger partial charge on any atom is 0.338 e. The summed E-state index contributed by atoms with van der Waals surface area (Å²) in [6.07, 6.45) is 0.926. The molecule has 0 aliphatic rings. The van der Waals surface area contributed by atoms with Crippen LogP contribution in [0.2, 0.25) is 0 Å². The Hall–Kier alpha value is -1.03. The third kappa shape index (κ3) is 3.73. The fourth-order valence-corrected chi connectivity index (χ4v) is 1.73. The van der Waals surface area contributed by atoms with Gasteiger partial charge in [-0.15, -0.1) is 0 Å². The summed E-state index contributed by atoms with van der Waals surface area (Å²) in [6, 6.07) is 3.51. The Balaban J connectivity index is 3.00. The first kappa shape index (κ1) is 14.0. The maximum absolute atomic E-state index is 11.6. The lowest BCUT2D eigenvalue weighted by molar-refractivity contribution is 0.0525. The van der Waals surface area contributed by atoms with Crippen LogP contribution in [0.15, 0.2) is 16.6 Å². The topological polar surface area (TPSA) is 35.5 Å². The van der Waals surface area contributed by atoms with Gasteiger partial charge in [-0.25, -0.2) is 4.79 Å². The van der Waals surface area contributed by atoms with Crippen molar-refractivity contribution >= 4 is 21.9 Å². The van der Waals surface area contributed by atoms with E-state index in [-0.39, 0.29) is 5.97 Å². The largest absolute Gasteiger partial charge is 0.492 e. The molecule has 0 aromatic heterocycles. The number of hydrogen-bond acceptors (Lipinski definition) is 3. The minimum absolute atomic E-state index is 0.315. The lowest BCUT2D eigenvalue weighted by atomic mass is 10.1. The van der Waals surface area contributed by atoms with E-state index < -0.39 is 0 Å². The second-order valence-electron chi connectivity index (χ2n) is 3.67. The minimum Gasteiger partial charge on any atom is -0.492 e. The molecule has 0 unspecified atom stereocenters. The normalized spacial score (nSPS) is 10.1. The molecule has 1 aromatic rings. The molecule has 0 amide bonds. The van der Waals surface area contributed by atoms with Gasteiger partial charge in [0.15, 0.2) is 0 Å². The van der Waals surface area contributed by atoms with Crippen LogP contribution in [0.4, 0.5) is 0 Å². The minimum atomic E-state index is -0.315. The molecule has 0 heterocycles. The number of carbonyl (C=O) groups is 1. The summed E-state index contributed by atoms with van der Waals surface area (Å²) >= 11 is 3.46. The Morgan fingerprint density at radius 2 is 2.06 bits per heavy atom. The molecule has 94 valence electrons. The highest BCUT2D eigenvalue weighted by molar-refractivity contribution is 9.10. The van der Waals surface area contributed by atoms with Gasteiger partial charge in [0.1, 0.15) is 5.75 Å². The van der Waals surface area contributed by atoms with Gasteiger partial charge in [-0.2, -0.15) is 0 Å². The molecule has 0 aliphatic heterocycles. The zero-order valence-electron chi connectivity index (χ0n) is 10.4. The van der Waals surface area contributed by atoms with Gasteiger partial charge in [-0.3, -0.25) is 0 Å². The Bertz CT molecular complexity index is 402. The van der Waals surface area contributed by atoms with Crippen molar-refractivity contribution in [3.8, 4) is 5.75 Å². The summed E-state index contributed by atoms with van der Waals surface area (Å²) < 4.78 is 11.4. The van der Waals surface area contributed by atoms with E-state index in [1.165, 1.54) is 0 Å². The molecule has 0 fully saturated rings. The molecule has 0 saturated heterocycles. The fraction of sp³-hybridized carbons (Fsp3) is 0.462. The summed E-state index contributed by atoms with van der Waals surface area (Å²) in [5.74, 6) is 0.374. The molecule has 1 rings (SSSR count). The highest BCUT2D eigenvalue weighted by Crippen LogP contribution is 2.30. The Kier molecular flexibility index (Phi) is 5.48. The highest BCUT2D eigenvalue weighted by atomic mass is 79.9. The van der Waals surface area contributed by atoms with Crippen molar-refractivity contribution in [2.24, 2.45) is 0 Å². The van der Waals surface area contributed by atoms with E-state index in [0.29, 0.717) is 24.5 Å². The van der Waals surface area contributed by atoms with E-state index in [1.54, 1.807) is 19.1 Å². The van der Waals surface area contributed by atoms with Crippen molar-refractivity contribution in [1.82, 2.24) is 0 Å². The Labute approximate surface area is 110 Å². The van der Waals surface area contributed by atoms with Gasteiger partial charge in [0.2, 0.25) is 0 Å². The standard InChI is InChI=1S/C13H17BrO3/c1-4-6-17-11-8-10(13(15)16-5-2)7-9(3)12(11)14/h7-8H,4-6H2,1-3H3. The molecule has 1 aromatic carbocycles. The average Bonchev–Trinajstić information content (AvgIpc) is 2.31. The van der Waals surface area contributed by atoms with Crippen molar-refractivity contribution in [2.45, 2.75) is 27.2 Å². The number of halogens is 1. The van der Waals surface area contributed by atoms with Crippen molar-refractivity contribution in [3.63, 3.8) is 0 Å². The molecule has 0 N–H and O–H groups in total. The van der Waals surface area contributed by atoms with Crippen LogP contribution in [-0.4, -0.2) is 19.2 Å². The zero-order chi connectivity index (χ0) is 12.8. The van der Waals surface area contributed by atoms with Gasteiger partial charge in [0.25, 0.3) is 0 Å². The monoisotopic (exact) mass is 300 g/mol. The third-order valence-electron chi connectivity index (χ3n) is 2.19. The number of aryl methyl sites for hydroxylation is 1. The van der Waals surface area contributed by atoms with Crippen LogP contribution in [0.25, 0.3) is 0 Å². The molecule has 4 heteroatoms. The molecule has 0 aliphatic carbocycles. The summed E-state index contributed by atoms with van der Waals surface area (Å²) in [6.45, 7) is 6.75. The lowest BCUT2D eigenvalue weighted by Gasteiger charge is -2.11. The maximum atomic E-state index is 11.6. The Morgan fingerprint density at radius 3 is 2.65 bits per heavy atom. The van der Waals surface area contributed by atoms with Crippen LogP contribution in [0, 0.1) is 6.92 Å². The number of carbonyl (C=O) groups excluding carboxylic acids is 1. The SMILES string of the molecule is CCCOc1cc(C(=O)OCC)cc(C)c1Br. The summed E-state index contributed by atoms with van der Waals surface area (Å²) in [5, 5.41) is 0. The number of ether oxygens (including phenoxy) is 2. The number of rotatable bonds is 5. The predicted octanol–water partition coefficient (Wildman–Crippen LogP) is 3.72. The van der Waals surface area contributed by atoms with E-state index in [2.05, 4.69) is 15.9 Å². The predicted molar refractivity (Wildman–Crippen MR) is 70.6 cm³/mol. The molecule has 17 heavy (non-hydrogen) atoms. The summed E-state index contributed by atoms with van der Waals surface area (Å²) in [7, 11) is 0. The molecular formula is C13H17BrO3. The van der Waals surface area contributed by atoms with Crippen LogP contribution >= 0.6 is 15.9 Å². The van der Waals surface area contributed by atoms with Crippen molar-refractivity contribution < 1.29 is 14.3 Å². The first-order valence-corrected chi connectivity index (χ1v) is 6.49. The first-order chi connectivity index (χ1) is 8.10. The van der Waals surface area contributed by atoms with Crippen LogP contribution in [-0.2, 0) is 4.74 Å². The van der Waals surface area contributed by atoms with Gasteiger partial charge in [-0.1, -0.05) is 6.92 Å². The van der Waals surface area contributed by atoms with Crippen molar-refractivity contribution in [3.05, 3.63) is 27.7 Å². The quantitative estimate of drug-likeness (QED) is 0.778. The van der Waals surface area contributed by atoms with Gasteiger partial charge < -0.3 is 9.47 Å². The molecule has 0 atom stereocenters. The summed E-state index contributed by atoms with van der Waals surface area (Å²) in [4.78, 5) is 11.6. The van der Waals surface area contributed by atoms with Crippen LogP contribution in [0.3, 0.4) is 0 Å². The molecule has 3 nitrogen and oxygen atoms in total. The van der Waals surface area contributed by atoms with Gasteiger partial charge in [0.05, 0.1) is 23.2 Å². The van der Waals surface area contributed by atoms with E-state index in [9.17, 15) is 4.79 Å². The second-order valence-corrected chi connectivity index (χ2v) is 4.47. The van der Waals surface area contributed by atoms with E-state index in [0.717, 1.165) is 16.5 Å². The fourth-order valence-electron chi connectivity index (χ4n) is 1.39. The molecule has 0 saturated carbocycles. The zero-order valence-corrected chi connectivity index (χ0v) is 12.0. The third-order valence-corrected chi connectivity index (χ3v) is 3.21. The first-order valence-electron chi connectivity index (χ1n) is 5.70. The number of esters is 1. The molecule has 0 spiro atoms. The van der Waals surface area contributed by atoms with E-state index in [1.807, 2.05) is 13.8 Å². The highest BCUT2D eigenvalue weighted by Gasteiger charge is 2.12. The van der Waals surface area contributed by atoms with Crippen molar-refractivity contribution in [2.75, 3.05) is 13.2 Å². The lowest BCUT2D eigenvalue weighted by Crippen LogP contribution is -2.06. The molecule has 0 radical (unpaired) electrons. The molecule has 0 bridgehead atoms. The smallest absolute Gasteiger partial charge is 0.338 e. The number of benzene rings is 1. The van der Waals surface area contributed by atoms with Gasteiger partial charge in [-0.05, 0) is 53.9 Å². The van der Waals surface area contributed by atoms with E-state index in [4.69, 9.17) is 9.47 Å².